The lowest BCUT2D eigenvalue weighted by molar-refractivity contribution is 0.403. The molecule has 0 saturated carbocycles. The Morgan fingerprint density at radius 3 is 2.55 bits per heavy atom. The van der Waals surface area contributed by atoms with Crippen molar-refractivity contribution in [2.75, 3.05) is 11.9 Å². The molecule has 22 heavy (non-hydrogen) atoms. The van der Waals surface area contributed by atoms with Crippen molar-refractivity contribution in [3.8, 4) is 11.5 Å². The Morgan fingerprint density at radius 1 is 1.14 bits per heavy atom. The molecule has 0 fully saturated rings. The highest BCUT2D eigenvalue weighted by atomic mass is 35.5. The van der Waals surface area contributed by atoms with E-state index in [0.29, 0.717) is 22.8 Å². The van der Waals surface area contributed by atoms with E-state index >= 15 is 0 Å². The van der Waals surface area contributed by atoms with Crippen LogP contribution in [0.2, 0.25) is 5.02 Å². The number of rotatable bonds is 6. The minimum Gasteiger partial charge on any atom is -0.504 e. The monoisotopic (exact) mass is 317 g/mol. The van der Waals surface area contributed by atoms with Crippen LogP contribution in [0.25, 0.3) is 0 Å². The van der Waals surface area contributed by atoms with Crippen LogP contribution < -0.4 is 10.7 Å². The van der Waals surface area contributed by atoms with Gasteiger partial charge in [0.1, 0.15) is 0 Å². The van der Waals surface area contributed by atoms with Crippen LogP contribution in [0, 0.1) is 0 Å². The SMILES string of the molecule is C=C(CNc1ccc(Cl)cc1)N/N=C/c1ccc(O)c(O)c1. The lowest BCUT2D eigenvalue weighted by Gasteiger charge is -2.08. The van der Waals surface area contributed by atoms with Crippen molar-refractivity contribution in [2.24, 2.45) is 5.10 Å². The number of phenolic OH excluding ortho intramolecular Hbond substituents is 2. The van der Waals surface area contributed by atoms with E-state index in [0.717, 1.165) is 5.69 Å². The van der Waals surface area contributed by atoms with E-state index in [1.165, 1.54) is 18.3 Å². The van der Waals surface area contributed by atoms with E-state index in [4.69, 9.17) is 11.6 Å². The van der Waals surface area contributed by atoms with Gasteiger partial charge in [0.05, 0.1) is 12.8 Å². The van der Waals surface area contributed by atoms with Gasteiger partial charge < -0.3 is 15.5 Å². The Labute approximate surface area is 133 Å². The summed E-state index contributed by atoms with van der Waals surface area (Å²) in [6.45, 7) is 4.35. The highest BCUT2D eigenvalue weighted by molar-refractivity contribution is 6.30. The molecule has 5 nitrogen and oxygen atoms in total. The third-order valence-corrected chi connectivity index (χ3v) is 3.04. The number of halogens is 1. The topological polar surface area (TPSA) is 76.9 Å². The fourth-order valence-electron chi connectivity index (χ4n) is 1.63. The van der Waals surface area contributed by atoms with Gasteiger partial charge >= 0.3 is 0 Å². The first-order chi connectivity index (χ1) is 10.5. The van der Waals surface area contributed by atoms with E-state index < -0.39 is 0 Å². The summed E-state index contributed by atoms with van der Waals surface area (Å²) < 4.78 is 0. The Kier molecular flexibility index (Phi) is 5.27. The molecule has 0 heterocycles. The average molecular weight is 318 g/mol. The number of hydrogen-bond donors (Lipinski definition) is 4. The molecular formula is C16H16ClN3O2. The Bertz CT molecular complexity index is 684. The molecule has 2 aromatic carbocycles. The molecule has 0 saturated heterocycles. The summed E-state index contributed by atoms with van der Waals surface area (Å²) in [6.07, 6.45) is 1.52. The van der Waals surface area contributed by atoms with Gasteiger partial charge in [0.25, 0.3) is 0 Å². The maximum Gasteiger partial charge on any atom is 0.158 e. The Morgan fingerprint density at radius 2 is 1.86 bits per heavy atom. The largest absolute Gasteiger partial charge is 0.504 e. The Balaban J connectivity index is 1.80. The molecule has 2 aromatic rings. The van der Waals surface area contributed by atoms with Gasteiger partial charge in [-0.05, 0) is 48.0 Å². The molecule has 6 heteroatoms. The lowest BCUT2D eigenvalue weighted by Crippen LogP contribution is -2.14. The quantitative estimate of drug-likeness (QED) is 0.374. The van der Waals surface area contributed by atoms with Crippen molar-refractivity contribution >= 4 is 23.5 Å². The molecule has 0 amide bonds. The van der Waals surface area contributed by atoms with Crippen LogP contribution in [0.15, 0.2) is 59.8 Å². The van der Waals surface area contributed by atoms with Crippen LogP contribution in [-0.2, 0) is 0 Å². The summed E-state index contributed by atoms with van der Waals surface area (Å²) in [7, 11) is 0. The number of phenols is 2. The number of aromatic hydroxyl groups is 2. The molecule has 0 aliphatic heterocycles. The van der Waals surface area contributed by atoms with Crippen molar-refractivity contribution in [1.82, 2.24) is 5.43 Å². The molecule has 114 valence electrons. The van der Waals surface area contributed by atoms with Gasteiger partial charge in [0.15, 0.2) is 11.5 Å². The van der Waals surface area contributed by atoms with Crippen LogP contribution in [0.4, 0.5) is 5.69 Å². The Hall–Kier alpha value is -2.66. The number of benzene rings is 2. The first-order valence-electron chi connectivity index (χ1n) is 6.53. The molecule has 0 aliphatic rings. The minimum atomic E-state index is -0.188. The first kappa shape index (κ1) is 15.7. The second kappa shape index (κ2) is 7.38. The standard InChI is InChI=1S/C16H16ClN3O2/c1-11(9-18-14-5-3-13(17)4-6-14)20-19-10-12-2-7-15(21)16(22)8-12/h2-8,10,18,20-22H,1,9H2/b19-10+. The van der Waals surface area contributed by atoms with Gasteiger partial charge in [-0.15, -0.1) is 0 Å². The molecule has 0 unspecified atom stereocenters. The molecule has 2 rings (SSSR count). The van der Waals surface area contributed by atoms with Crippen LogP contribution in [0.1, 0.15) is 5.56 Å². The summed E-state index contributed by atoms with van der Waals surface area (Å²) in [5.41, 5.74) is 5.05. The zero-order chi connectivity index (χ0) is 15.9. The molecular weight excluding hydrogens is 302 g/mol. The molecule has 0 aromatic heterocycles. The van der Waals surface area contributed by atoms with Gasteiger partial charge in [-0.25, -0.2) is 0 Å². The van der Waals surface area contributed by atoms with Gasteiger partial charge in [-0.3, -0.25) is 5.43 Å². The predicted molar refractivity (Wildman–Crippen MR) is 89.6 cm³/mol. The van der Waals surface area contributed by atoms with Gasteiger partial charge in [0, 0.05) is 16.4 Å². The molecule has 0 atom stereocenters. The van der Waals surface area contributed by atoms with Crippen molar-refractivity contribution in [3.63, 3.8) is 0 Å². The fraction of sp³-hybridized carbons (Fsp3) is 0.0625. The maximum absolute atomic E-state index is 9.37. The second-order valence-corrected chi connectivity index (χ2v) is 5.02. The smallest absolute Gasteiger partial charge is 0.158 e. The molecule has 0 spiro atoms. The minimum absolute atomic E-state index is 0.165. The highest BCUT2D eigenvalue weighted by Gasteiger charge is 1.98. The first-order valence-corrected chi connectivity index (χ1v) is 6.90. The predicted octanol–water partition coefficient (Wildman–Crippen LogP) is 3.30. The van der Waals surface area contributed by atoms with Crippen LogP contribution in [0.3, 0.4) is 0 Å². The third-order valence-electron chi connectivity index (χ3n) is 2.79. The van der Waals surface area contributed by atoms with Crippen LogP contribution in [0.5, 0.6) is 11.5 Å². The van der Waals surface area contributed by atoms with Crippen LogP contribution >= 0.6 is 11.6 Å². The third kappa shape index (κ3) is 4.71. The number of nitrogens with zero attached hydrogens (tertiary/aromatic N) is 1. The van der Waals surface area contributed by atoms with Crippen molar-refractivity contribution in [2.45, 2.75) is 0 Å². The van der Waals surface area contributed by atoms with Crippen molar-refractivity contribution in [1.29, 1.82) is 0 Å². The number of nitrogens with one attached hydrogen (secondary N) is 2. The summed E-state index contributed by atoms with van der Waals surface area (Å²) in [4.78, 5) is 0. The van der Waals surface area contributed by atoms with Gasteiger partial charge in [-0.2, -0.15) is 5.10 Å². The molecule has 4 N–H and O–H groups in total. The van der Waals surface area contributed by atoms with Crippen molar-refractivity contribution < 1.29 is 10.2 Å². The fourth-order valence-corrected chi connectivity index (χ4v) is 1.76. The second-order valence-electron chi connectivity index (χ2n) is 4.58. The molecule has 0 bridgehead atoms. The highest BCUT2D eigenvalue weighted by Crippen LogP contribution is 2.23. The normalized spacial score (nSPS) is 10.6. The molecule has 0 aliphatic carbocycles. The molecule has 0 radical (unpaired) electrons. The number of hydrazone groups is 1. The summed E-state index contributed by atoms with van der Waals surface area (Å²) in [6, 6.07) is 11.8. The summed E-state index contributed by atoms with van der Waals surface area (Å²) in [5.74, 6) is -0.353. The van der Waals surface area contributed by atoms with Crippen molar-refractivity contribution in [3.05, 3.63) is 65.3 Å². The zero-order valence-electron chi connectivity index (χ0n) is 11.8. The van der Waals surface area contributed by atoms with E-state index in [9.17, 15) is 10.2 Å². The van der Waals surface area contributed by atoms with Crippen LogP contribution in [-0.4, -0.2) is 23.0 Å². The maximum atomic E-state index is 9.37. The lowest BCUT2D eigenvalue weighted by atomic mass is 10.2. The van der Waals surface area contributed by atoms with E-state index in [1.54, 1.807) is 18.2 Å². The van der Waals surface area contributed by atoms with Gasteiger partial charge in [-0.1, -0.05) is 18.2 Å². The van der Waals surface area contributed by atoms with Gasteiger partial charge in [0.2, 0.25) is 0 Å². The zero-order valence-corrected chi connectivity index (χ0v) is 12.5. The number of anilines is 1. The van der Waals surface area contributed by atoms with E-state index in [1.807, 2.05) is 12.1 Å². The average Bonchev–Trinajstić information content (AvgIpc) is 2.50. The van der Waals surface area contributed by atoms with E-state index in [-0.39, 0.29) is 11.5 Å². The summed E-state index contributed by atoms with van der Waals surface area (Å²) >= 11 is 5.81. The number of hydrogen-bond acceptors (Lipinski definition) is 5. The van der Waals surface area contributed by atoms with E-state index in [2.05, 4.69) is 22.4 Å². The summed E-state index contributed by atoms with van der Waals surface area (Å²) in [5, 5.41) is 26.4.